The molecule has 130 valence electrons. The molecule has 0 saturated carbocycles. The summed E-state index contributed by atoms with van der Waals surface area (Å²) in [6.07, 6.45) is 8.91. The summed E-state index contributed by atoms with van der Waals surface area (Å²) in [5, 5.41) is 6.66. The minimum Gasteiger partial charge on any atom is -0.496 e. The van der Waals surface area contributed by atoms with Gasteiger partial charge in [0.15, 0.2) is 0 Å². The SMILES string of the molecule is C=C(/C=N/NC)/C(=C\C=C/C)OC.COc1ncccc1NC=S. The predicted octanol–water partition coefficient (Wildman–Crippen LogP) is 3.31. The number of ether oxygens (including phenoxy) is 2. The summed E-state index contributed by atoms with van der Waals surface area (Å²) in [4.78, 5) is 3.96. The third-order valence-electron chi connectivity index (χ3n) is 2.50. The zero-order valence-corrected chi connectivity index (χ0v) is 15.3. The van der Waals surface area contributed by atoms with Crippen molar-refractivity contribution in [2.24, 2.45) is 5.10 Å². The van der Waals surface area contributed by atoms with E-state index in [0.717, 1.165) is 11.3 Å². The van der Waals surface area contributed by atoms with Gasteiger partial charge in [-0.15, -0.1) is 0 Å². The molecule has 0 aromatic carbocycles. The van der Waals surface area contributed by atoms with Crippen molar-refractivity contribution in [1.82, 2.24) is 10.4 Å². The number of hydrazone groups is 1. The minimum atomic E-state index is 0.550. The van der Waals surface area contributed by atoms with Crippen molar-refractivity contribution in [3.63, 3.8) is 0 Å². The highest BCUT2D eigenvalue weighted by atomic mass is 32.1. The molecule has 0 aliphatic rings. The molecule has 1 rings (SSSR count). The standard InChI is InChI=1S/C10H16N2O.C7H8N2OS/c1-5-6-7-10(13-4)9(2)8-12-11-3;1-10-7-6(9-5-11)3-2-4-8-7/h5-8,11H,2H2,1,3-4H3;2-5H,1H3,(H,9,11)/b6-5-,10-7+,12-8+;. The first kappa shape index (κ1) is 21.3. The van der Waals surface area contributed by atoms with Crippen LogP contribution in [0.1, 0.15) is 6.92 Å². The van der Waals surface area contributed by atoms with Gasteiger partial charge in [0.2, 0.25) is 5.88 Å². The maximum atomic E-state index is 5.10. The Hall–Kier alpha value is -2.67. The number of anilines is 1. The summed E-state index contributed by atoms with van der Waals surface area (Å²) < 4.78 is 10.1. The molecule has 0 fully saturated rings. The van der Waals surface area contributed by atoms with Crippen LogP contribution in [0.5, 0.6) is 5.88 Å². The molecular formula is C17H24N4O2S. The average Bonchev–Trinajstić information content (AvgIpc) is 2.62. The number of rotatable bonds is 8. The lowest BCUT2D eigenvalue weighted by Crippen LogP contribution is -1.98. The molecule has 6 nitrogen and oxygen atoms in total. The fourth-order valence-corrected chi connectivity index (χ4v) is 1.55. The van der Waals surface area contributed by atoms with Crippen molar-refractivity contribution in [1.29, 1.82) is 0 Å². The number of allylic oxidation sites excluding steroid dienone is 4. The van der Waals surface area contributed by atoms with Gasteiger partial charge >= 0.3 is 0 Å². The summed E-state index contributed by atoms with van der Waals surface area (Å²) in [6.45, 7) is 5.74. The first-order valence-corrected chi connectivity index (χ1v) is 7.56. The van der Waals surface area contributed by atoms with Gasteiger partial charge in [-0.2, -0.15) is 5.10 Å². The van der Waals surface area contributed by atoms with Crippen LogP contribution >= 0.6 is 12.2 Å². The molecule has 1 aromatic heterocycles. The topological polar surface area (TPSA) is 67.8 Å². The maximum absolute atomic E-state index is 5.10. The molecule has 7 heteroatoms. The van der Waals surface area contributed by atoms with Gasteiger partial charge in [-0.25, -0.2) is 4.98 Å². The van der Waals surface area contributed by atoms with E-state index in [9.17, 15) is 0 Å². The monoisotopic (exact) mass is 348 g/mol. The molecule has 2 N–H and O–H groups in total. The fourth-order valence-electron chi connectivity index (χ4n) is 1.42. The second-order valence-corrected chi connectivity index (χ2v) is 4.33. The van der Waals surface area contributed by atoms with Gasteiger partial charge < -0.3 is 20.2 Å². The third kappa shape index (κ3) is 8.70. The van der Waals surface area contributed by atoms with Crippen LogP contribution in [0, 0.1) is 0 Å². The smallest absolute Gasteiger partial charge is 0.237 e. The highest BCUT2D eigenvalue weighted by Gasteiger charge is 1.98. The summed E-state index contributed by atoms with van der Waals surface area (Å²) in [5.74, 6) is 1.26. The summed E-state index contributed by atoms with van der Waals surface area (Å²) >= 11 is 4.62. The molecule has 0 bridgehead atoms. The quantitative estimate of drug-likeness (QED) is 0.247. The Morgan fingerprint density at radius 3 is 2.71 bits per heavy atom. The summed E-state index contributed by atoms with van der Waals surface area (Å²) in [6, 6.07) is 3.65. The van der Waals surface area contributed by atoms with Gasteiger partial charge in [-0.1, -0.05) is 30.9 Å². The van der Waals surface area contributed by atoms with E-state index in [-0.39, 0.29) is 0 Å². The molecule has 1 heterocycles. The van der Waals surface area contributed by atoms with Crippen molar-refractivity contribution in [3.05, 3.63) is 54.5 Å². The number of hydrogen-bond acceptors (Lipinski definition) is 6. The Morgan fingerprint density at radius 1 is 1.42 bits per heavy atom. The predicted molar refractivity (Wildman–Crippen MR) is 105 cm³/mol. The van der Waals surface area contributed by atoms with Gasteiger partial charge in [0.25, 0.3) is 0 Å². The van der Waals surface area contributed by atoms with Crippen molar-refractivity contribution in [2.45, 2.75) is 6.92 Å². The fraction of sp³-hybridized carbons (Fsp3) is 0.235. The highest BCUT2D eigenvalue weighted by molar-refractivity contribution is 7.79. The van der Waals surface area contributed by atoms with Crippen LogP contribution in [0.3, 0.4) is 0 Å². The van der Waals surface area contributed by atoms with E-state index in [1.165, 1.54) is 5.49 Å². The average molecular weight is 348 g/mol. The zero-order valence-electron chi connectivity index (χ0n) is 14.4. The molecule has 0 amide bonds. The number of thiocarbonyl (C=S) groups is 1. The Balaban J connectivity index is 0.000000446. The first-order chi connectivity index (χ1) is 11.6. The van der Waals surface area contributed by atoms with Gasteiger partial charge in [0.1, 0.15) is 11.4 Å². The molecule has 1 aromatic rings. The second-order valence-electron chi connectivity index (χ2n) is 4.09. The lowest BCUT2D eigenvalue weighted by molar-refractivity contribution is 0.304. The van der Waals surface area contributed by atoms with Gasteiger partial charge in [0.05, 0.1) is 25.9 Å². The Morgan fingerprint density at radius 2 is 2.17 bits per heavy atom. The van der Waals surface area contributed by atoms with E-state index < -0.39 is 0 Å². The lowest BCUT2D eigenvalue weighted by atomic mass is 10.2. The number of nitrogens with one attached hydrogen (secondary N) is 2. The number of aromatic nitrogens is 1. The molecule has 0 spiro atoms. The van der Waals surface area contributed by atoms with Crippen LogP contribution in [-0.4, -0.2) is 38.0 Å². The van der Waals surface area contributed by atoms with Crippen molar-refractivity contribution >= 4 is 29.6 Å². The lowest BCUT2D eigenvalue weighted by Gasteiger charge is -2.03. The zero-order chi connectivity index (χ0) is 18.2. The van der Waals surface area contributed by atoms with E-state index in [1.807, 2.05) is 37.3 Å². The molecule has 0 unspecified atom stereocenters. The molecule has 0 aliphatic carbocycles. The number of hydrogen-bond donors (Lipinski definition) is 2. The van der Waals surface area contributed by atoms with Crippen LogP contribution in [-0.2, 0) is 4.74 Å². The van der Waals surface area contributed by atoms with E-state index in [1.54, 1.807) is 33.7 Å². The third-order valence-corrected chi connectivity index (χ3v) is 2.62. The van der Waals surface area contributed by atoms with Gasteiger partial charge in [0, 0.05) is 18.8 Å². The van der Waals surface area contributed by atoms with Crippen LogP contribution in [0.25, 0.3) is 0 Å². The molecule has 0 saturated heterocycles. The van der Waals surface area contributed by atoms with E-state index in [4.69, 9.17) is 9.47 Å². The normalized spacial score (nSPS) is 10.8. The summed E-state index contributed by atoms with van der Waals surface area (Å²) in [7, 11) is 4.90. The second kappa shape index (κ2) is 14.0. The van der Waals surface area contributed by atoms with Crippen LogP contribution in [0.15, 0.2) is 59.6 Å². The molecular weight excluding hydrogens is 324 g/mol. The number of pyridine rings is 1. The van der Waals surface area contributed by atoms with Crippen LogP contribution in [0.2, 0.25) is 0 Å². The van der Waals surface area contributed by atoms with Gasteiger partial charge in [-0.3, -0.25) is 0 Å². The molecule has 24 heavy (non-hydrogen) atoms. The van der Waals surface area contributed by atoms with Crippen molar-refractivity contribution < 1.29 is 9.47 Å². The maximum Gasteiger partial charge on any atom is 0.237 e. The van der Waals surface area contributed by atoms with E-state index >= 15 is 0 Å². The van der Waals surface area contributed by atoms with Gasteiger partial charge in [-0.05, 0) is 25.1 Å². The Kier molecular flexibility index (Phi) is 12.4. The number of methoxy groups -OCH3 is 2. The highest BCUT2D eigenvalue weighted by Crippen LogP contribution is 2.18. The largest absolute Gasteiger partial charge is 0.496 e. The van der Waals surface area contributed by atoms with Crippen molar-refractivity contribution in [2.75, 3.05) is 26.6 Å². The molecule has 0 radical (unpaired) electrons. The number of nitrogens with zero attached hydrogens (tertiary/aromatic N) is 2. The Labute approximate surface area is 149 Å². The summed E-state index contributed by atoms with van der Waals surface area (Å²) in [5.41, 5.74) is 5.57. The van der Waals surface area contributed by atoms with E-state index in [0.29, 0.717) is 11.6 Å². The van der Waals surface area contributed by atoms with Crippen LogP contribution in [0.4, 0.5) is 5.69 Å². The van der Waals surface area contributed by atoms with Crippen LogP contribution < -0.4 is 15.5 Å². The minimum absolute atomic E-state index is 0.550. The van der Waals surface area contributed by atoms with Crippen molar-refractivity contribution in [3.8, 4) is 5.88 Å². The molecule has 0 aliphatic heterocycles. The molecule has 0 atom stereocenters. The Bertz CT molecular complexity index is 598. The first-order valence-electron chi connectivity index (χ1n) is 7.09. The van der Waals surface area contributed by atoms with E-state index in [2.05, 4.69) is 39.6 Å².